The third-order valence-corrected chi connectivity index (χ3v) is 3.55. The van der Waals surface area contributed by atoms with Gasteiger partial charge >= 0.3 is 0 Å². The summed E-state index contributed by atoms with van der Waals surface area (Å²) < 4.78 is 14.9. The molecule has 1 saturated heterocycles. The fraction of sp³-hybridized carbons (Fsp3) is 0.571. The minimum absolute atomic E-state index is 0.481. The molecule has 2 aliphatic rings. The van der Waals surface area contributed by atoms with Crippen LogP contribution in [-0.4, -0.2) is 24.3 Å². The number of hydrogen-bond donors (Lipinski definition) is 2. The molecule has 17 heavy (non-hydrogen) atoms. The molecule has 0 aromatic carbocycles. The van der Waals surface area contributed by atoms with Gasteiger partial charge in [-0.05, 0) is 50.9 Å². The lowest BCUT2D eigenvalue weighted by Gasteiger charge is -2.33. The lowest BCUT2D eigenvalue weighted by atomic mass is 9.82. The first kappa shape index (κ1) is 12.5. The van der Waals surface area contributed by atoms with Crippen molar-refractivity contribution in [3.63, 3.8) is 0 Å². The van der Waals surface area contributed by atoms with E-state index in [2.05, 4.69) is 5.32 Å². The standard InChI is InChI=1S/C14H21FN2/c1-11-10-13(2,16)5-3-4-12(11)14(15)6-8-17-9-7-14/h3-5,10,17H,6-9,16H2,1-2H3. The van der Waals surface area contributed by atoms with Crippen LogP contribution in [0.1, 0.15) is 26.7 Å². The van der Waals surface area contributed by atoms with Gasteiger partial charge in [-0.2, -0.15) is 0 Å². The highest BCUT2D eigenvalue weighted by Crippen LogP contribution is 2.37. The first-order valence-corrected chi connectivity index (χ1v) is 6.21. The molecule has 1 atom stereocenters. The predicted molar refractivity (Wildman–Crippen MR) is 69.5 cm³/mol. The average Bonchev–Trinajstić information content (AvgIpc) is 2.37. The Morgan fingerprint density at radius 2 is 2.00 bits per heavy atom. The van der Waals surface area contributed by atoms with Crippen LogP contribution in [-0.2, 0) is 0 Å². The van der Waals surface area contributed by atoms with E-state index in [-0.39, 0.29) is 0 Å². The zero-order chi connectivity index (χ0) is 12.5. The van der Waals surface area contributed by atoms with E-state index in [1.54, 1.807) is 0 Å². The molecule has 0 spiro atoms. The van der Waals surface area contributed by atoms with E-state index >= 15 is 0 Å². The van der Waals surface area contributed by atoms with Crippen LogP contribution in [0.25, 0.3) is 0 Å². The van der Waals surface area contributed by atoms with Gasteiger partial charge in [0.25, 0.3) is 0 Å². The zero-order valence-corrected chi connectivity index (χ0v) is 10.6. The van der Waals surface area contributed by atoms with Crippen molar-refractivity contribution < 1.29 is 4.39 Å². The summed E-state index contributed by atoms with van der Waals surface area (Å²) in [6, 6.07) is 0. The second-order valence-corrected chi connectivity index (χ2v) is 5.35. The van der Waals surface area contributed by atoms with Crippen LogP contribution in [0, 0.1) is 0 Å². The van der Waals surface area contributed by atoms with Crippen molar-refractivity contribution in [1.82, 2.24) is 5.32 Å². The molecule has 0 saturated carbocycles. The summed E-state index contributed by atoms with van der Waals surface area (Å²) in [5.74, 6) is 0. The van der Waals surface area contributed by atoms with Crippen LogP contribution in [0.5, 0.6) is 0 Å². The third-order valence-electron chi connectivity index (χ3n) is 3.55. The fourth-order valence-electron chi connectivity index (χ4n) is 2.67. The fourth-order valence-corrected chi connectivity index (χ4v) is 2.67. The summed E-state index contributed by atoms with van der Waals surface area (Å²) in [6.45, 7) is 5.36. The van der Waals surface area contributed by atoms with E-state index in [9.17, 15) is 4.39 Å². The van der Waals surface area contributed by atoms with Crippen LogP contribution >= 0.6 is 0 Å². The van der Waals surface area contributed by atoms with Crippen LogP contribution in [0.3, 0.4) is 0 Å². The summed E-state index contributed by atoms with van der Waals surface area (Å²) in [6.07, 6.45) is 8.71. The van der Waals surface area contributed by atoms with E-state index in [0.29, 0.717) is 12.8 Å². The molecule has 0 amide bonds. The van der Waals surface area contributed by atoms with Gasteiger partial charge in [0.05, 0.1) is 5.54 Å². The third kappa shape index (κ3) is 2.67. The maximum atomic E-state index is 14.9. The minimum atomic E-state index is -1.20. The SMILES string of the molecule is CC1=CC(C)(N)C=CC=C1C1(F)CCNCC1. The quantitative estimate of drug-likeness (QED) is 0.732. The minimum Gasteiger partial charge on any atom is -0.319 e. The lowest BCUT2D eigenvalue weighted by Crippen LogP contribution is -2.40. The molecule has 1 heterocycles. The Bertz CT molecular complexity index is 385. The topological polar surface area (TPSA) is 38.0 Å². The monoisotopic (exact) mass is 236 g/mol. The number of hydrogen-bond acceptors (Lipinski definition) is 2. The smallest absolute Gasteiger partial charge is 0.138 e. The molecule has 0 aromatic rings. The number of alkyl halides is 1. The van der Waals surface area contributed by atoms with E-state index in [4.69, 9.17) is 5.73 Å². The van der Waals surface area contributed by atoms with Gasteiger partial charge in [0.15, 0.2) is 0 Å². The molecule has 3 heteroatoms. The van der Waals surface area contributed by atoms with Crippen LogP contribution in [0.15, 0.2) is 35.5 Å². The van der Waals surface area contributed by atoms with Gasteiger partial charge in [-0.1, -0.05) is 24.3 Å². The van der Waals surface area contributed by atoms with Gasteiger partial charge < -0.3 is 11.1 Å². The van der Waals surface area contributed by atoms with E-state index < -0.39 is 11.2 Å². The summed E-state index contributed by atoms with van der Waals surface area (Å²) in [7, 11) is 0. The second-order valence-electron chi connectivity index (χ2n) is 5.35. The van der Waals surface area contributed by atoms with Crippen LogP contribution in [0.4, 0.5) is 4.39 Å². The summed E-state index contributed by atoms with van der Waals surface area (Å²) in [5, 5.41) is 3.20. The Balaban J connectivity index is 2.32. The Morgan fingerprint density at radius 3 is 2.65 bits per heavy atom. The number of rotatable bonds is 1. The molecule has 1 aliphatic carbocycles. The summed E-state index contributed by atoms with van der Waals surface area (Å²) in [5.41, 5.74) is 6.15. The molecule has 2 nitrogen and oxygen atoms in total. The van der Waals surface area contributed by atoms with Gasteiger partial charge in [0.1, 0.15) is 5.67 Å². The van der Waals surface area contributed by atoms with Crippen molar-refractivity contribution in [2.75, 3.05) is 13.1 Å². The molecular formula is C14H21FN2. The molecule has 1 aliphatic heterocycles. The van der Waals surface area contributed by atoms with Crippen molar-refractivity contribution in [2.24, 2.45) is 5.73 Å². The first-order valence-electron chi connectivity index (χ1n) is 6.21. The molecule has 3 N–H and O–H groups in total. The van der Waals surface area contributed by atoms with Crippen molar-refractivity contribution in [3.8, 4) is 0 Å². The van der Waals surface area contributed by atoms with Gasteiger partial charge in [0, 0.05) is 0 Å². The Morgan fingerprint density at radius 1 is 1.35 bits per heavy atom. The van der Waals surface area contributed by atoms with Crippen molar-refractivity contribution in [1.29, 1.82) is 0 Å². The summed E-state index contributed by atoms with van der Waals surface area (Å²) >= 11 is 0. The van der Waals surface area contributed by atoms with Gasteiger partial charge in [0.2, 0.25) is 0 Å². The number of nitrogens with one attached hydrogen (secondary N) is 1. The number of halogens is 1. The highest BCUT2D eigenvalue weighted by Gasteiger charge is 2.36. The van der Waals surface area contributed by atoms with E-state index in [1.165, 1.54) is 0 Å². The average molecular weight is 236 g/mol. The molecule has 1 fully saturated rings. The molecule has 0 aromatic heterocycles. The normalized spacial score (nSPS) is 32.7. The lowest BCUT2D eigenvalue weighted by molar-refractivity contribution is 0.161. The number of piperidine rings is 1. The molecule has 0 bridgehead atoms. The Labute approximate surface area is 102 Å². The van der Waals surface area contributed by atoms with Crippen molar-refractivity contribution in [2.45, 2.75) is 37.9 Å². The Hall–Kier alpha value is -0.930. The molecule has 1 unspecified atom stereocenters. The van der Waals surface area contributed by atoms with Gasteiger partial charge in [-0.3, -0.25) is 0 Å². The predicted octanol–water partition coefficient (Wildman–Crippen LogP) is 2.24. The highest BCUT2D eigenvalue weighted by molar-refractivity contribution is 5.45. The molecular weight excluding hydrogens is 215 g/mol. The number of nitrogens with two attached hydrogens (primary N) is 1. The largest absolute Gasteiger partial charge is 0.319 e. The van der Waals surface area contributed by atoms with Crippen LogP contribution in [0.2, 0.25) is 0 Å². The highest BCUT2D eigenvalue weighted by atomic mass is 19.1. The maximum absolute atomic E-state index is 14.9. The van der Waals surface area contributed by atoms with E-state index in [1.807, 2.05) is 38.2 Å². The zero-order valence-electron chi connectivity index (χ0n) is 10.6. The second kappa shape index (κ2) is 4.39. The van der Waals surface area contributed by atoms with Gasteiger partial charge in [-0.25, -0.2) is 4.39 Å². The van der Waals surface area contributed by atoms with E-state index in [0.717, 1.165) is 24.2 Å². The number of allylic oxidation sites excluding steroid dienone is 4. The van der Waals surface area contributed by atoms with Crippen molar-refractivity contribution in [3.05, 3.63) is 35.5 Å². The van der Waals surface area contributed by atoms with Crippen molar-refractivity contribution >= 4 is 0 Å². The molecule has 94 valence electrons. The first-order chi connectivity index (χ1) is 7.93. The maximum Gasteiger partial charge on any atom is 0.138 e. The van der Waals surface area contributed by atoms with Gasteiger partial charge in [-0.15, -0.1) is 0 Å². The molecule has 0 radical (unpaired) electrons. The molecule has 2 rings (SSSR count). The van der Waals surface area contributed by atoms with Crippen LogP contribution < -0.4 is 11.1 Å². The Kier molecular flexibility index (Phi) is 3.23. The summed E-state index contributed by atoms with van der Waals surface area (Å²) in [4.78, 5) is 0.